The van der Waals surface area contributed by atoms with Crippen molar-refractivity contribution < 1.29 is 13.3 Å². The Bertz CT molecular complexity index is 1060. The number of nitro groups is 1. The largest absolute Gasteiger partial charge is 0.276 e. The number of para-hydroxylation sites is 1. The van der Waals surface area contributed by atoms with Gasteiger partial charge in [0.05, 0.1) is 32.6 Å². The van der Waals surface area contributed by atoms with Crippen LogP contribution in [0.15, 0.2) is 59.5 Å². The van der Waals surface area contributed by atoms with Crippen molar-refractivity contribution in [1.82, 2.24) is 9.78 Å². The molecule has 0 atom stereocenters. The lowest BCUT2D eigenvalue weighted by Crippen LogP contribution is -2.14. The van der Waals surface area contributed by atoms with Crippen molar-refractivity contribution in [3.63, 3.8) is 0 Å². The lowest BCUT2D eigenvalue weighted by Gasteiger charge is -2.09. The fourth-order valence-corrected chi connectivity index (χ4v) is 3.73. The molecule has 0 spiro atoms. The molecule has 0 amide bonds. The highest BCUT2D eigenvalue weighted by Gasteiger charge is 2.21. The first-order valence-corrected chi connectivity index (χ1v) is 9.17. The molecule has 9 heteroatoms. The van der Waals surface area contributed by atoms with E-state index in [2.05, 4.69) is 9.82 Å². The standard InChI is InChI=1S/C17H16N4O4S/c1-12-17(13(2)20(18-12)14-6-4-3-5-7-14)19-26(24,25)16-10-8-15(9-11-16)21(22)23/h3-11,19H,1-2H3. The van der Waals surface area contributed by atoms with Crippen molar-refractivity contribution in [2.75, 3.05) is 4.72 Å². The van der Waals surface area contributed by atoms with E-state index < -0.39 is 14.9 Å². The average Bonchev–Trinajstić information content (AvgIpc) is 2.90. The van der Waals surface area contributed by atoms with Crippen LogP contribution in [0.1, 0.15) is 11.4 Å². The second kappa shape index (κ2) is 6.60. The summed E-state index contributed by atoms with van der Waals surface area (Å²) in [4.78, 5) is 10.1. The van der Waals surface area contributed by atoms with Crippen LogP contribution in [0.2, 0.25) is 0 Å². The quantitative estimate of drug-likeness (QED) is 0.547. The maximum Gasteiger partial charge on any atom is 0.269 e. The van der Waals surface area contributed by atoms with Gasteiger partial charge in [0.1, 0.15) is 0 Å². The number of nitrogens with one attached hydrogen (secondary N) is 1. The van der Waals surface area contributed by atoms with E-state index in [1.165, 1.54) is 12.1 Å². The topological polar surface area (TPSA) is 107 Å². The van der Waals surface area contributed by atoms with Gasteiger partial charge in [0.2, 0.25) is 0 Å². The number of nitrogens with zero attached hydrogens (tertiary/aromatic N) is 3. The van der Waals surface area contributed by atoms with Crippen molar-refractivity contribution in [3.8, 4) is 5.69 Å². The van der Waals surface area contributed by atoms with Gasteiger partial charge in [-0.3, -0.25) is 14.8 Å². The third-order valence-corrected chi connectivity index (χ3v) is 5.25. The summed E-state index contributed by atoms with van der Waals surface area (Å²) in [5, 5.41) is 15.1. The molecule has 3 aromatic rings. The highest BCUT2D eigenvalue weighted by atomic mass is 32.2. The Morgan fingerprint density at radius 3 is 2.23 bits per heavy atom. The molecule has 8 nitrogen and oxygen atoms in total. The Kier molecular flexibility index (Phi) is 4.47. The van der Waals surface area contributed by atoms with Crippen LogP contribution in [-0.4, -0.2) is 23.1 Å². The lowest BCUT2D eigenvalue weighted by molar-refractivity contribution is -0.384. The summed E-state index contributed by atoms with van der Waals surface area (Å²) >= 11 is 0. The Morgan fingerprint density at radius 2 is 1.65 bits per heavy atom. The molecule has 3 rings (SSSR count). The van der Waals surface area contributed by atoms with Gasteiger partial charge >= 0.3 is 0 Å². The van der Waals surface area contributed by atoms with E-state index in [1.54, 1.807) is 18.5 Å². The predicted octanol–water partition coefficient (Wildman–Crippen LogP) is 3.20. The number of aromatic nitrogens is 2. The summed E-state index contributed by atoms with van der Waals surface area (Å²) < 4.78 is 29.4. The monoisotopic (exact) mass is 372 g/mol. The molecule has 0 saturated carbocycles. The molecule has 0 aliphatic carbocycles. The first-order valence-electron chi connectivity index (χ1n) is 7.68. The van der Waals surface area contributed by atoms with Crippen LogP contribution in [-0.2, 0) is 10.0 Å². The molecule has 0 unspecified atom stereocenters. The summed E-state index contributed by atoms with van der Waals surface area (Å²) in [7, 11) is -3.90. The Morgan fingerprint density at radius 1 is 1.04 bits per heavy atom. The highest BCUT2D eigenvalue weighted by molar-refractivity contribution is 7.92. The SMILES string of the molecule is Cc1nn(-c2ccccc2)c(C)c1NS(=O)(=O)c1ccc([N+](=O)[O-])cc1. The Balaban J connectivity index is 1.95. The zero-order valence-electron chi connectivity index (χ0n) is 14.1. The van der Waals surface area contributed by atoms with E-state index in [0.717, 1.165) is 17.8 Å². The van der Waals surface area contributed by atoms with Crippen LogP contribution in [0.25, 0.3) is 5.69 Å². The smallest absolute Gasteiger partial charge is 0.269 e. The van der Waals surface area contributed by atoms with Gasteiger partial charge in [-0.2, -0.15) is 5.10 Å². The molecule has 1 N–H and O–H groups in total. The molecular weight excluding hydrogens is 356 g/mol. The van der Waals surface area contributed by atoms with Crippen molar-refractivity contribution in [1.29, 1.82) is 0 Å². The summed E-state index contributed by atoms with van der Waals surface area (Å²) in [5.41, 5.74) is 2.19. The van der Waals surface area contributed by atoms with Crippen LogP contribution in [0.4, 0.5) is 11.4 Å². The van der Waals surface area contributed by atoms with Crippen molar-refractivity contribution in [2.45, 2.75) is 18.7 Å². The third kappa shape index (κ3) is 3.29. The van der Waals surface area contributed by atoms with Crippen LogP contribution in [0.3, 0.4) is 0 Å². The number of hydrogen-bond acceptors (Lipinski definition) is 5. The molecule has 134 valence electrons. The van der Waals surface area contributed by atoms with Gasteiger partial charge in [0, 0.05) is 12.1 Å². The van der Waals surface area contributed by atoms with E-state index >= 15 is 0 Å². The number of aryl methyl sites for hydroxylation is 1. The summed E-state index contributed by atoms with van der Waals surface area (Å²) in [5.74, 6) is 0. The molecule has 26 heavy (non-hydrogen) atoms. The zero-order chi connectivity index (χ0) is 18.9. The second-order valence-electron chi connectivity index (χ2n) is 5.65. The maximum atomic E-state index is 12.6. The number of benzene rings is 2. The number of nitro benzene ring substituents is 1. The van der Waals surface area contributed by atoms with Gasteiger partial charge in [-0.15, -0.1) is 0 Å². The zero-order valence-corrected chi connectivity index (χ0v) is 14.9. The van der Waals surface area contributed by atoms with Gasteiger partial charge in [0.15, 0.2) is 0 Å². The minimum absolute atomic E-state index is 0.0608. The van der Waals surface area contributed by atoms with Crippen LogP contribution in [0.5, 0.6) is 0 Å². The molecule has 0 fully saturated rings. The fraction of sp³-hybridized carbons (Fsp3) is 0.118. The van der Waals surface area contributed by atoms with E-state index in [4.69, 9.17) is 0 Å². The molecule has 1 heterocycles. The number of rotatable bonds is 5. The van der Waals surface area contributed by atoms with Crippen LogP contribution < -0.4 is 4.72 Å². The van der Waals surface area contributed by atoms with Gasteiger partial charge in [-0.25, -0.2) is 13.1 Å². The highest BCUT2D eigenvalue weighted by Crippen LogP contribution is 2.26. The molecule has 0 bridgehead atoms. The molecule has 0 aliphatic rings. The number of anilines is 1. The molecular formula is C17H16N4O4S. The Hall–Kier alpha value is -3.20. The summed E-state index contributed by atoms with van der Waals surface area (Å²) in [6, 6.07) is 14.1. The van der Waals surface area contributed by atoms with E-state index in [-0.39, 0.29) is 10.6 Å². The number of sulfonamides is 1. The minimum Gasteiger partial charge on any atom is -0.276 e. The lowest BCUT2D eigenvalue weighted by atomic mass is 10.3. The second-order valence-corrected chi connectivity index (χ2v) is 7.33. The van der Waals surface area contributed by atoms with Crippen LogP contribution in [0, 0.1) is 24.0 Å². The van der Waals surface area contributed by atoms with E-state index in [9.17, 15) is 18.5 Å². The average molecular weight is 372 g/mol. The van der Waals surface area contributed by atoms with E-state index in [1.807, 2.05) is 30.3 Å². The minimum atomic E-state index is -3.90. The summed E-state index contributed by atoms with van der Waals surface area (Å²) in [6.07, 6.45) is 0. The normalized spacial score (nSPS) is 11.3. The van der Waals surface area contributed by atoms with Crippen molar-refractivity contribution in [2.24, 2.45) is 0 Å². The van der Waals surface area contributed by atoms with Crippen molar-refractivity contribution >= 4 is 21.4 Å². The molecule has 0 aliphatic heterocycles. The fourth-order valence-electron chi connectivity index (χ4n) is 2.55. The first-order chi connectivity index (χ1) is 12.3. The predicted molar refractivity (Wildman–Crippen MR) is 96.9 cm³/mol. The van der Waals surface area contributed by atoms with Crippen molar-refractivity contribution in [3.05, 3.63) is 76.1 Å². The van der Waals surface area contributed by atoms with Crippen LogP contribution >= 0.6 is 0 Å². The van der Waals surface area contributed by atoms with E-state index in [0.29, 0.717) is 17.1 Å². The molecule has 1 aromatic heterocycles. The first kappa shape index (κ1) is 17.6. The number of hydrogen-bond donors (Lipinski definition) is 1. The third-order valence-electron chi connectivity index (χ3n) is 3.89. The van der Waals surface area contributed by atoms with Gasteiger partial charge in [-0.05, 0) is 38.1 Å². The van der Waals surface area contributed by atoms with Gasteiger partial charge in [0.25, 0.3) is 15.7 Å². The number of non-ortho nitro benzene ring substituents is 1. The summed E-state index contributed by atoms with van der Waals surface area (Å²) in [6.45, 7) is 3.47. The molecule has 0 saturated heterocycles. The Labute approximate surface area is 150 Å². The maximum absolute atomic E-state index is 12.6. The molecule has 0 radical (unpaired) electrons. The van der Waals surface area contributed by atoms with Gasteiger partial charge < -0.3 is 0 Å². The molecule has 2 aromatic carbocycles. The van der Waals surface area contributed by atoms with Gasteiger partial charge in [-0.1, -0.05) is 18.2 Å².